The van der Waals surface area contributed by atoms with Crippen LogP contribution in [0.3, 0.4) is 0 Å². The summed E-state index contributed by atoms with van der Waals surface area (Å²) in [5.41, 5.74) is 12.6. The number of hydrogen-bond acceptors (Lipinski definition) is 7. The van der Waals surface area contributed by atoms with Gasteiger partial charge < -0.3 is 14.2 Å². The second kappa shape index (κ2) is 22.7. The average Bonchev–Trinajstić information content (AvgIpc) is 1.57. The maximum Gasteiger partial charge on any atom is 0.268 e. The number of hydrogen-bond donors (Lipinski definition) is 1. The first kappa shape index (κ1) is 57.0. The van der Waals surface area contributed by atoms with Crippen molar-refractivity contribution < 1.29 is 33.9 Å². The molecule has 2 aliphatic rings. The molecule has 4 heterocycles. The number of aromatic nitrogens is 2. The highest BCUT2D eigenvalue weighted by Crippen LogP contribution is 2.46. The highest BCUT2D eigenvalue weighted by molar-refractivity contribution is 6.37. The molecule has 2 aromatic heterocycles. The van der Waals surface area contributed by atoms with Crippen LogP contribution in [0, 0.1) is 0 Å². The lowest BCUT2D eigenvalue weighted by atomic mass is 9.91. The predicted molar refractivity (Wildman–Crippen MR) is 377 cm³/mol. The summed E-state index contributed by atoms with van der Waals surface area (Å²) in [6.45, 7) is 0. The first-order valence-electron chi connectivity index (χ1n) is 31.5. The highest BCUT2D eigenvalue weighted by atomic mass is 16.3. The van der Waals surface area contributed by atoms with Gasteiger partial charge in [-0.15, -0.1) is 0 Å². The highest BCUT2D eigenvalue weighted by Gasteiger charge is 2.42. The molecule has 17 rings (SSSR count). The molecular weight excluding hydrogens is 1190 g/mol. The molecule has 2 aliphatic heterocycles. The van der Waals surface area contributed by atoms with Crippen LogP contribution in [0.4, 0.5) is 11.4 Å². The zero-order chi connectivity index (χ0) is 64.9. The van der Waals surface area contributed by atoms with Crippen molar-refractivity contribution in [2.45, 2.75) is 6.10 Å². The van der Waals surface area contributed by atoms with Gasteiger partial charge in [-0.1, -0.05) is 200 Å². The van der Waals surface area contributed by atoms with E-state index in [1.165, 1.54) is 9.80 Å². The van der Waals surface area contributed by atoms with Crippen molar-refractivity contribution >= 4 is 90.2 Å². The minimum atomic E-state index is -1.01. The third kappa shape index (κ3) is 9.16. The number of aliphatic hydroxyl groups excluding tert-OH is 1. The smallest absolute Gasteiger partial charge is 0.268 e. The molecule has 1 N–H and O–H groups in total. The summed E-state index contributed by atoms with van der Waals surface area (Å²) >= 11 is 0. The summed E-state index contributed by atoms with van der Waals surface area (Å²) in [6.07, 6.45) is -1.01. The van der Waals surface area contributed by atoms with E-state index >= 15 is 19.2 Å². The van der Waals surface area contributed by atoms with Crippen molar-refractivity contribution in [3.63, 3.8) is 0 Å². The molecule has 0 saturated heterocycles. The number of aliphatic hydroxyl groups is 1. The van der Waals surface area contributed by atoms with Gasteiger partial charge in [-0.05, 0) is 148 Å². The van der Waals surface area contributed by atoms with Gasteiger partial charge in [0.1, 0.15) is 6.10 Å². The molecular formula is C85H52N4O7. The maximum absolute atomic E-state index is 15.8. The van der Waals surface area contributed by atoms with Crippen molar-refractivity contribution in [2.24, 2.45) is 0 Å². The van der Waals surface area contributed by atoms with Gasteiger partial charge in [0, 0.05) is 43.8 Å². The molecule has 96 heavy (non-hydrogen) atoms. The number of fused-ring (bicyclic) bond motifs is 8. The molecule has 11 nitrogen and oxygen atoms in total. The molecule has 0 bridgehead atoms. The molecule has 1 unspecified atom stereocenters. The molecule has 1 atom stereocenters. The van der Waals surface area contributed by atoms with E-state index in [-0.39, 0.29) is 33.8 Å². The lowest BCUT2D eigenvalue weighted by molar-refractivity contribution is 0.0910. The van der Waals surface area contributed by atoms with Gasteiger partial charge in [-0.25, -0.2) is 9.80 Å². The lowest BCUT2D eigenvalue weighted by Gasteiger charge is -2.20. The summed E-state index contributed by atoms with van der Waals surface area (Å²) in [6, 6.07) is 93.1. The topological polar surface area (TPSA) is 139 Å². The van der Waals surface area contributed by atoms with Crippen LogP contribution in [0.2, 0.25) is 0 Å². The number of rotatable bonds is 13. The van der Waals surface area contributed by atoms with E-state index in [4.69, 9.17) is 0 Å². The fraction of sp³-hybridized carbons (Fsp3) is 0.0118. The Morgan fingerprint density at radius 2 is 0.771 bits per heavy atom. The minimum absolute atomic E-state index is 0.119. The first-order valence-corrected chi connectivity index (χ1v) is 31.5. The Bertz CT molecular complexity index is 5800. The van der Waals surface area contributed by atoms with Crippen molar-refractivity contribution in [3.8, 4) is 44.8 Å². The van der Waals surface area contributed by atoms with Crippen LogP contribution < -0.4 is 9.80 Å². The molecule has 0 fully saturated rings. The fourth-order valence-corrected chi connectivity index (χ4v) is 14.2. The summed E-state index contributed by atoms with van der Waals surface area (Å²) in [7, 11) is 0. The molecule has 0 aliphatic carbocycles. The van der Waals surface area contributed by atoms with Gasteiger partial charge >= 0.3 is 0 Å². The van der Waals surface area contributed by atoms with E-state index in [0.29, 0.717) is 94.6 Å². The average molecular weight is 1240 g/mol. The van der Waals surface area contributed by atoms with Crippen LogP contribution in [0.15, 0.2) is 303 Å². The van der Waals surface area contributed by atoms with Crippen molar-refractivity contribution in [3.05, 3.63) is 359 Å². The van der Waals surface area contributed by atoms with Crippen LogP contribution >= 0.6 is 0 Å². The van der Waals surface area contributed by atoms with Crippen LogP contribution in [0.25, 0.3) is 88.4 Å². The number of benzene rings is 13. The standard InChI is InChI=1S/C85H52N4O7/c90-79(53-24-10-3-11-25-53)57-36-41-72-67(45-57)64-32-16-17-34-71(64)88(72)75-35-19-33-65-77(75)84(95)87(82(65)93)62-39-40-63(66(50-62)52-22-8-2-9-23-52)60-48-70-78(85(96)86(83(70)94)61-31-18-30-56(44-61)51-20-6-1-7-21-51)76(49-60)89-73-42-37-58(80(91)54-26-12-4-13-27-54)46-68(73)69-47-59(38-43-74(69)89)81(92)55-28-14-5-15-29-55/h1-50,80,91H. The van der Waals surface area contributed by atoms with E-state index in [0.717, 1.165) is 38.5 Å². The Kier molecular flexibility index (Phi) is 13.5. The molecule has 15 aromatic rings. The molecule has 0 radical (unpaired) electrons. The van der Waals surface area contributed by atoms with Crippen LogP contribution in [-0.4, -0.2) is 49.4 Å². The Morgan fingerprint density at radius 1 is 0.281 bits per heavy atom. The number of ketones is 2. The lowest BCUT2D eigenvalue weighted by Crippen LogP contribution is -2.29. The van der Waals surface area contributed by atoms with Crippen molar-refractivity contribution in [2.75, 3.05) is 9.80 Å². The van der Waals surface area contributed by atoms with Crippen LogP contribution in [-0.2, 0) is 0 Å². The quantitative estimate of drug-likeness (QED) is 0.0896. The number of nitrogens with zero attached hydrogens (tertiary/aromatic N) is 4. The Hall–Kier alpha value is -13.0. The van der Waals surface area contributed by atoms with Gasteiger partial charge in [0.25, 0.3) is 23.6 Å². The molecule has 454 valence electrons. The normalized spacial score (nSPS) is 13.1. The summed E-state index contributed by atoms with van der Waals surface area (Å²) in [4.78, 5) is 92.7. The second-order valence-corrected chi connectivity index (χ2v) is 24.2. The van der Waals surface area contributed by atoms with Gasteiger partial charge in [0.05, 0.1) is 67.1 Å². The van der Waals surface area contributed by atoms with Gasteiger partial charge in [-0.2, -0.15) is 0 Å². The Morgan fingerprint density at radius 3 is 1.42 bits per heavy atom. The number of amides is 4. The molecule has 0 spiro atoms. The number of imide groups is 2. The third-order valence-electron chi connectivity index (χ3n) is 18.7. The van der Waals surface area contributed by atoms with Crippen molar-refractivity contribution in [1.82, 2.24) is 9.13 Å². The Balaban J connectivity index is 0.842. The molecule has 11 heteroatoms. The van der Waals surface area contributed by atoms with Crippen molar-refractivity contribution in [1.29, 1.82) is 0 Å². The summed E-state index contributed by atoms with van der Waals surface area (Å²) in [5.74, 6) is -2.44. The maximum atomic E-state index is 15.8. The SMILES string of the molecule is O=C(c1ccccc1)c1ccc2c(c1)c1ccccc1n2-c1cccc2c1C(=O)N(c1ccc(-c3cc4c(c(-n5c6ccc(C(=O)c7ccccc7)cc6c6cc(C(O)c7ccccc7)ccc65)c3)C(=O)N(c3cccc(-c5ccccc5)c3)C4=O)c(-c3ccccc3)c1)C2=O. The largest absolute Gasteiger partial charge is 0.384 e. The van der Waals surface area contributed by atoms with Gasteiger partial charge in [-0.3, -0.25) is 28.8 Å². The predicted octanol–water partition coefficient (Wildman–Crippen LogP) is 18.0. The third-order valence-corrected chi connectivity index (χ3v) is 18.7. The molecule has 0 saturated carbocycles. The van der Waals surface area contributed by atoms with Gasteiger partial charge in [0.2, 0.25) is 0 Å². The van der Waals surface area contributed by atoms with Crippen LogP contribution in [0.5, 0.6) is 0 Å². The second-order valence-electron chi connectivity index (χ2n) is 24.2. The first-order chi connectivity index (χ1) is 47.1. The summed E-state index contributed by atoms with van der Waals surface area (Å²) in [5, 5.41) is 15.0. The minimum Gasteiger partial charge on any atom is -0.384 e. The van der Waals surface area contributed by atoms with Gasteiger partial charge in [0.15, 0.2) is 11.6 Å². The number of anilines is 2. The van der Waals surface area contributed by atoms with E-state index < -0.39 is 29.7 Å². The zero-order valence-electron chi connectivity index (χ0n) is 51.1. The van der Waals surface area contributed by atoms with E-state index in [1.807, 2.05) is 246 Å². The Labute approximate surface area is 549 Å². The number of para-hydroxylation sites is 1. The van der Waals surface area contributed by atoms with E-state index in [9.17, 15) is 14.7 Å². The number of carbonyl (C=O) groups excluding carboxylic acids is 6. The van der Waals surface area contributed by atoms with Crippen LogP contribution in [0.1, 0.15) is 90.5 Å². The molecule has 13 aromatic carbocycles. The summed E-state index contributed by atoms with van der Waals surface area (Å²) < 4.78 is 3.95. The van der Waals surface area contributed by atoms with E-state index in [1.54, 1.807) is 66.7 Å². The monoisotopic (exact) mass is 1240 g/mol. The molecule has 4 amide bonds. The van der Waals surface area contributed by atoms with E-state index in [2.05, 4.69) is 0 Å². The number of carbonyl (C=O) groups is 6. The fourth-order valence-electron chi connectivity index (χ4n) is 14.2. The zero-order valence-corrected chi connectivity index (χ0v) is 51.1.